The van der Waals surface area contributed by atoms with Crippen LogP contribution in [0.4, 0.5) is 5.69 Å². The summed E-state index contributed by atoms with van der Waals surface area (Å²) in [5.74, 6) is 1.46. The third-order valence-corrected chi connectivity index (χ3v) is 3.06. The zero-order valence-corrected chi connectivity index (χ0v) is 11.0. The van der Waals surface area contributed by atoms with Crippen LogP contribution in [-0.4, -0.2) is 14.2 Å². The van der Waals surface area contributed by atoms with Crippen LogP contribution in [0.1, 0.15) is 0 Å². The lowest BCUT2D eigenvalue weighted by molar-refractivity contribution is 0.397. The highest BCUT2D eigenvalue weighted by atomic mass is 35.5. The Hall–Kier alpha value is -1.87. The molecule has 0 atom stereocenters. The Morgan fingerprint density at radius 1 is 1.00 bits per heavy atom. The molecule has 0 aliphatic rings. The Balaban J connectivity index is 2.64. The molecule has 2 rings (SSSR count). The van der Waals surface area contributed by atoms with E-state index < -0.39 is 0 Å². The highest BCUT2D eigenvalue weighted by Crippen LogP contribution is 2.39. The van der Waals surface area contributed by atoms with Crippen LogP contribution in [0.2, 0.25) is 5.02 Å². The maximum atomic E-state index is 5.93. The van der Waals surface area contributed by atoms with E-state index in [2.05, 4.69) is 0 Å². The van der Waals surface area contributed by atoms with E-state index in [-0.39, 0.29) is 0 Å². The average Bonchev–Trinajstić information content (AvgIpc) is 2.41. The lowest BCUT2D eigenvalue weighted by Gasteiger charge is -2.13. The minimum absolute atomic E-state index is 0.530. The summed E-state index contributed by atoms with van der Waals surface area (Å²) < 4.78 is 10.7. The summed E-state index contributed by atoms with van der Waals surface area (Å²) in [4.78, 5) is 0. The second-order valence-corrected chi connectivity index (χ2v) is 4.18. The first-order valence-electron chi connectivity index (χ1n) is 5.43. The molecule has 0 spiro atoms. The van der Waals surface area contributed by atoms with E-state index in [0.717, 1.165) is 22.6 Å². The summed E-state index contributed by atoms with van der Waals surface area (Å²) in [5.41, 5.74) is 8.13. The van der Waals surface area contributed by atoms with Crippen molar-refractivity contribution in [2.45, 2.75) is 0 Å². The molecule has 0 saturated carbocycles. The fourth-order valence-electron chi connectivity index (χ4n) is 1.83. The second kappa shape index (κ2) is 5.19. The normalized spacial score (nSPS) is 10.2. The smallest absolute Gasteiger partial charge is 0.130 e. The molecule has 3 nitrogen and oxygen atoms in total. The van der Waals surface area contributed by atoms with Crippen molar-refractivity contribution in [3.8, 4) is 22.6 Å². The second-order valence-electron chi connectivity index (χ2n) is 3.77. The van der Waals surface area contributed by atoms with Gasteiger partial charge in [0.05, 0.1) is 30.5 Å². The molecule has 0 unspecified atom stereocenters. The predicted octanol–water partition coefficient (Wildman–Crippen LogP) is 3.61. The number of ether oxygens (including phenoxy) is 2. The van der Waals surface area contributed by atoms with Crippen LogP contribution < -0.4 is 15.2 Å². The van der Waals surface area contributed by atoms with Crippen LogP contribution in [0.15, 0.2) is 36.4 Å². The fourth-order valence-corrected chi connectivity index (χ4v) is 1.95. The molecule has 0 radical (unpaired) electrons. The van der Waals surface area contributed by atoms with E-state index in [0.29, 0.717) is 10.7 Å². The molecule has 0 aliphatic heterocycles. The third-order valence-electron chi connectivity index (χ3n) is 2.71. The van der Waals surface area contributed by atoms with E-state index in [1.54, 1.807) is 20.3 Å². The molecule has 0 amide bonds. The van der Waals surface area contributed by atoms with Gasteiger partial charge in [-0.1, -0.05) is 23.7 Å². The fraction of sp³-hybridized carbons (Fsp3) is 0.143. The lowest BCUT2D eigenvalue weighted by atomic mass is 10.0. The summed E-state index contributed by atoms with van der Waals surface area (Å²) >= 11 is 5.93. The summed E-state index contributed by atoms with van der Waals surface area (Å²) in [6, 6.07) is 11.1. The Morgan fingerprint density at radius 3 is 2.11 bits per heavy atom. The standard InChI is InChI=1S/C14H14ClNO2/c1-17-12-4-3-5-13(18-2)14(12)9-6-7-10(15)11(16)8-9/h3-8H,16H2,1-2H3. The Bertz CT molecular complexity index is 547. The van der Waals surface area contributed by atoms with Crippen molar-refractivity contribution in [2.24, 2.45) is 0 Å². The van der Waals surface area contributed by atoms with Gasteiger partial charge in [-0.15, -0.1) is 0 Å². The van der Waals surface area contributed by atoms with Gasteiger partial charge in [0.1, 0.15) is 11.5 Å². The summed E-state index contributed by atoms with van der Waals surface area (Å²) in [6.07, 6.45) is 0. The number of hydrogen-bond donors (Lipinski definition) is 1. The quantitative estimate of drug-likeness (QED) is 0.861. The predicted molar refractivity (Wildman–Crippen MR) is 74.4 cm³/mol. The lowest BCUT2D eigenvalue weighted by Crippen LogP contribution is -1.94. The summed E-state index contributed by atoms with van der Waals surface area (Å²) in [6.45, 7) is 0. The molecule has 4 heteroatoms. The van der Waals surface area contributed by atoms with Crippen LogP contribution in [0.25, 0.3) is 11.1 Å². The summed E-state index contributed by atoms with van der Waals surface area (Å²) in [7, 11) is 3.25. The van der Waals surface area contributed by atoms with E-state index in [9.17, 15) is 0 Å². The molecule has 94 valence electrons. The van der Waals surface area contributed by atoms with Crippen molar-refractivity contribution in [3.63, 3.8) is 0 Å². The van der Waals surface area contributed by atoms with Crippen LogP contribution in [0, 0.1) is 0 Å². The SMILES string of the molecule is COc1cccc(OC)c1-c1ccc(Cl)c(N)c1. The zero-order chi connectivity index (χ0) is 13.1. The first-order chi connectivity index (χ1) is 8.67. The van der Waals surface area contributed by atoms with E-state index in [4.69, 9.17) is 26.8 Å². The van der Waals surface area contributed by atoms with Crippen LogP contribution in [0.3, 0.4) is 0 Å². The maximum absolute atomic E-state index is 5.93. The molecule has 0 bridgehead atoms. The van der Waals surface area contributed by atoms with Gasteiger partial charge in [0.15, 0.2) is 0 Å². The number of halogens is 1. The molecular weight excluding hydrogens is 250 g/mol. The van der Waals surface area contributed by atoms with Gasteiger partial charge in [-0.3, -0.25) is 0 Å². The molecule has 0 heterocycles. The van der Waals surface area contributed by atoms with Crippen LogP contribution in [-0.2, 0) is 0 Å². The molecule has 0 saturated heterocycles. The number of nitrogens with two attached hydrogens (primary N) is 1. The largest absolute Gasteiger partial charge is 0.496 e. The highest BCUT2D eigenvalue weighted by molar-refractivity contribution is 6.33. The number of rotatable bonds is 3. The first kappa shape index (κ1) is 12.6. The topological polar surface area (TPSA) is 44.5 Å². The van der Waals surface area contributed by atoms with Gasteiger partial charge in [0.2, 0.25) is 0 Å². The van der Waals surface area contributed by atoms with E-state index in [1.165, 1.54) is 0 Å². The number of hydrogen-bond acceptors (Lipinski definition) is 3. The van der Waals surface area contributed by atoms with Gasteiger partial charge < -0.3 is 15.2 Å². The average molecular weight is 264 g/mol. The number of methoxy groups -OCH3 is 2. The van der Waals surface area contributed by atoms with E-state index >= 15 is 0 Å². The zero-order valence-electron chi connectivity index (χ0n) is 10.2. The molecule has 18 heavy (non-hydrogen) atoms. The van der Waals surface area contributed by atoms with Gasteiger partial charge in [-0.05, 0) is 29.8 Å². The van der Waals surface area contributed by atoms with Crippen molar-refractivity contribution < 1.29 is 9.47 Å². The molecule has 2 aromatic rings. The molecule has 0 aromatic heterocycles. The number of nitrogen functional groups attached to an aromatic ring is 1. The van der Waals surface area contributed by atoms with Gasteiger partial charge >= 0.3 is 0 Å². The Morgan fingerprint density at radius 2 is 1.61 bits per heavy atom. The number of benzene rings is 2. The van der Waals surface area contributed by atoms with Crippen LogP contribution in [0.5, 0.6) is 11.5 Å². The van der Waals surface area contributed by atoms with Crippen molar-refractivity contribution in [1.29, 1.82) is 0 Å². The van der Waals surface area contributed by atoms with Gasteiger partial charge in [-0.2, -0.15) is 0 Å². The minimum atomic E-state index is 0.530. The molecule has 2 N–H and O–H groups in total. The van der Waals surface area contributed by atoms with Crippen molar-refractivity contribution >= 4 is 17.3 Å². The van der Waals surface area contributed by atoms with E-state index in [1.807, 2.05) is 30.3 Å². The third kappa shape index (κ3) is 2.22. The Labute approximate surface area is 111 Å². The van der Waals surface area contributed by atoms with Gasteiger partial charge in [0.25, 0.3) is 0 Å². The minimum Gasteiger partial charge on any atom is -0.496 e. The monoisotopic (exact) mass is 263 g/mol. The van der Waals surface area contributed by atoms with Crippen molar-refractivity contribution in [2.75, 3.05) is 20.0 Å². The van der Waals surface area contributed by atoms with Crippen LogP contribution >= 0.6 is 11.6 Å². The van der Waals surface area contributed by atoms with Gasteiger partial charge in [-0.25, -0.2) is 0 Å². The van der Waals surface area contributed by atoms with Crippen molar-refractivity contribution in [3.05, 3.63) is 41.4 Å². The van der Waals surface area contributed by atoms with Crippen molar-refractivity contribution in [1.82, 2.24) is 0 Å². The molecule has 0 fully saturated rings. The van der Waals surface area contributed by atoms with Gasteiger partial charge in [0, 0.05) is 0 Å². The Kier molecular flexibility index (Phi) is 3.63. The highest BCUT2D eigenvalue weighted by Gasteiger charge is 2.12. The first-order valence-corrected chi connectivity index (χ1v) is 5.81. The molecule has 2 aromatic carbocycles. The number of anilines is 1. The molecular formula is C14H14ClNO2. The molecule has 0 aliphatic carbocycles. The summed E-state index contributed by atoms with van der Waals surface area (Å²) in [5, 5.41) is 0.535. The maximum Gasteiger partial charge on any atom is 0.130 e.